The molecule has 17 heavy (non-hydrogen) atoms. The molecule has 0 fully saturated rings. The predicted octanol–water partition coefficient (Wildman–Crippen LogP) is 3.47. The molecule has 0 radical (unpaired) electrons. The van der Waals surface area contributed by atoms with Gasteiger partial charge in [0.2, 0.25) is 0 Å². The lowest BCUT2D eigenvalue weighted by molar-refractivity contribution is 0.509. The molecule has 0 bridgehead atoms. The standard InChI is InChI=1S/C12H9ClF2N2/c1-7-4-9(6-13)17-12(16-7)8-2-3-10(14)11(15)5-8/h2-5H,6H2,1H3. The Bertz CT molecular complexity index is 558. The van der Waals surface area contributed by atoms with E-state index in [1.54, 1.807) is 13.0 Å². The molecule has 0 aliphatic carbocycles. The van der Waals surface area contributed by atoms with Crippen LogP contribution in [0.4, 0.5) is 8.78 Å². The number of benzene rings is 1. The molecule has 0 unspecified atom stereocenters. The molecule has 0 saturated carbocycles. The first kappa shape index (κ1) is 11.9. The number of nitrogens with zero attached hydrogens (tertiary/aromatic N) is 2. The summed E-state index contributed by atoms with van der Waals surface area (Å²) in [5.41, 5.74) is 1.81. The van der Waals surface area contributed by atoms with Crippen molar-refractivity contribution in [1.29, 1.82) is 0 Å². The third-order valence-electron chi connectivity index (χ3n) is 2.22. The third-order valence-corrected chi connectivity index (χ3v) is 2.50. The molecule has 0 aliphatic rings. The molecule has 0 N–H and O–H groups in total. The van der Waals surface area contributed by atoms with Crippen molar-refractivity contribution in [1.82, 2.24) is 9.97 Å². The summed E-state index contributed by atoms with van der Waals surface area (Å²) in [7, 11) is 0. The van der Waals surface area contributed by atoms with Gasteiger partial charge in [0.15, 0.2) is 17.5 Å². The minimum atomic E-state index is -0.917. The van der Waals surface area contributed by atoms with Gasteiger partial charge in [0, 0.05) is 11.3 Å². The van der Waals surface area contributed by atoms with Gasteiger partial charge in [-0.1, -0.05) is 0 Å². The smallest absolute Gasteiger partial charge is 0.159 e. The largest absolute Gasteiger partial charge is 0.233 e. The van der Waals surface area contributed by atoms with Crippen molar-refractivity contribution >= 4 is 11.6 Å². The lowest BCUT2D eigenvalue weighted by atomic mass is 10.2. The Morgan fingerprint density at radius 1 is 1.12 bits per heavy atom. The number of hydrogen-bond acceptors (Lipinski definition) is 2. The minimum absolute atomic E-state index is 0.250. The van der Waals surface area contributed by atoms with Crippen molar-refractivity contribution in [2.75, 3.05) is 0 Å². The summed E-state index contributed by atoms with van der Waals surface area (Å²) >= 11 is 5.69. The molecule has 0 amide bonds. The fourth-order valence-corrected chi connectivity index (χ4v) is 1.60. The van der Waals surface area contributed by atoms with E-state index in [2.05, 4.69) is 9.97 Å². The van der Waals surface area contributed by atoms with Gasteiger partial charge in [-0.3, -0.25) is 0 Å². The second kappa shape index (κ2) is 4.75. The maximum absolute atomic E-state index is 13.1. The Morgan fingerprint density at radius 2 is 1.88 bits per heavy atom. The maximum atomic E-state index is 13.1. The molecule has 1 aromatic carbocycles. The second-order valence-corrected chi connectivity index (χ2v) is 3.85. The maximum Gasteiger partial charge on any atom is 0.159 e. The van der Waals surface area contributed by atoms with Gasteiger partial charge in [-0.2, -0.15) is 0 Å². The zero-order valence-corrected chi connectivity index (χ0v) is 9.80. The monoisotopic (exact) mass is 254 g/mol. The summed E-state index contributed by atoms with van der Waals surface area (Å²) in [5.74, 6) is -1.21. The Hall–Kier alpha value is -1.55. The Balaban J connectivity index is 2.52. The number of alkyl halides is 1. The molecule has 0 spiro atoms. The van der Waals surface area contributed by atoms with Crippen molar-refractivity contribution in [2.45, 2.75) is 12.8 Å². The van der Waals surface area contributed by atoms with Crippen molar-refractivity contribution in [3.63, 3.8) is 0 Å². The lowest BCUT2D eigenvalue weighted by Gasteiger charge is -2.04. The molecular weight excluding hydrogens is 246 g/mol. The van der Waals surface area contributed by atoms with Crippen LogP contribution in [-0.4, -0.2) is 9.97 Å². The molecule has 0 aliphatic heterocycles. The summed E-state index contributed by atoms with van der Waals surface area (Å²) in [6.45, 7) is 1.79. The summed E-state index contributed by atoms with van der Waals surface area (Å²) in [6.07, 6.45) is 0. The lowest BCUT2D eigenvalue weighted by Crippen LogP contribution is -1.97. The van der Waals surface area contributed by atoms with Crippen molar-refractivity contribution in [3.8, 4) is 11.4 Å². The van der Waals surface area contributed by atoms with Gasteiger partial charge in [-0.25, -0.2) is 18.7 Å². The van der Waals surface area contributed by atoms with E-state index in [1.807, 2.05) is 0 Å². The van der Waals surface area contributed by atoms with Crippen molar-refractivity contribution < 1.29 is 8.78 Å². The van der Waals surface area contributed by atoms with Crippen LogP contribution in [0.2, 0.25) is 0 Å². The summed E-state index contributed by atoms with van der Waals surface area (Å²) < 4.78 is 25.9. The van der Waals surface area contributed by atoms with E-state index >= 15 is 0 Å². The molecule has 0 atom stereocenters. The van der Waals surface area contributed by atoms with Gasteiger partial charge in [-0.05, 0) is 31.2 Å². The van der Waals surface area contributed by atoms with E-state index in [4.69, 9.17) is 11.6 Å². The number of rotatable bonds is 2. The van der Waals surface area contributed by atoms with Crippen LogP contribution >= 0.6 is 11.6 Å². The highest BCUT2D eigenvalue weighted by atomic mass is 35.5. The Kier molecular flexibility index (Phi) is 3.33. The average Bonchev–Trinajstić information content (AvgIpc) is 2.32. The SMILES string of the molecule is Cc1cc(CCl)nc(-c2ccc(F)c(F)c2)n1. The molecule has 5 heteroatoms. The first-order valence-electron chi connectivity index (χ1n) is 4.96. The van der Waals surface area contributed by atoms with Crippen LogP contribution in [-0.2, 0) is 5.88 Å². The zero-order valence-electron chi connectivity index (χ0n) is 9.04. The fourth-order valence-electron chi connectivity index (χ4n) is 1.47. The van der Waals surface area contributed by atoms with E-state index < -0.39 is 11.6 Å². The first-order chi connectivity index (χ1) is 8.10. The van der Waals surface area contributed by atoms with Gasteiger partial charge < -0.3 is 0 Å². The third kappa shape index (κ3) is 2.58. The predicted molar refractivity (Wildman–Crippen MR) is 61.7 cm³/mol. The quantitative estimate of drug-likeness (QED) is 0.767. The number of hydrogen-bond donors (Lipinski definition) is 0. The Labute approximate surface area is 102 Å². The molecule has 88 valence electrons. The van der Waals surface area contributed by atoms with Crippen LogP contribution < -0.4 is 0 Å². The summed E-state index contributed by atoms with van der Waals surface area (Å²) in [4.78, 5) is 8.32. The van der Waals surface area contributed by atoms with Crippen LogP contribution in [0.3, 0.4) is 0 Å². The molecule has 2 rings (SSSR count). The minimum Gasteiger partial charge on any atom is -0.233 e. The number of aromatic nitrogens is 2. The second-order valence-electron chi connectivity index (χ2n) is 3.59. The van der Waals surface area contributed by atoms with Crippen LogP contribution in [0, 0.1) is 18.6 Å². The van der Waals surface area contributed by atoms with Crippen LogP contribution in [0.1, 0.15) is 11.4 Å². The topological polar surface area (TPSA) is 25.8 Å². The van der Waals surface area contributed by atoms with E-state index in [0.717, 1.165) is 17.8 Å². The molecule has 0 saturated heterocycles. The average molecular weight is 255 g/mol. The van der Waals surface area contributed by atoms with Gasteiger partial charge in [-0.15, -0.1) is 11.6 Å². The van der Waals surface area contributed by atoms with Gasteiger partial charge in [0.1, 0.15) is 0 Å². The summed E-state index contributed by atoms with van der Waals surface area (Å²) in [6, 6.07) is 5.31. The molecule has 1 heterocycles. The van der Waals surface area contributed by atoms with Crippen LogP contribution in [0.5, 0.6) is 0 Å². The van der Waals surface area contributed by atoms with E-state index in [-0.39, 0.29) is 5.88 Å². The fraction of sp³-hybridized carbons (Fsp3) is 0.167. The Morgan fingerprint density at radius 3 is 2.53 bits per heavy atom. The van der Waals surface area contributed by atoms with Gasteiger partial charge in [0.05, 0.1) is 11.6 Å². The summed E-state index contributed by atoms with van der Waals surface area (Å²) in [5, 5.41) is 0. The van der Waals surface area contributed by atoms with E-state index in [1.165, 1.54) is 6.07 Å². The van der Waals surface area contributed by atoms with Crippen molar-refractivity contribution in [2.24, 2.45) is 0 Å². The number of halogens is 3. The van der Waals surface area contributed by atoms with Crippen LogP contribution in [0.15, 0.2) is 24.3 Å². The highest BCUT2D eigenvalue weighted by molar-refractivity contribution is 6.16. The van der Waals surface area contributed by atoms with E-state index in [9.17, 15) is 8.78 Å². The highest BCUT2D eigenvalue weighted by Crippen LogP contribution is 2.19. The molecule has 2 aromatic rings. The highest BCUT2D eigenvalue weighted by Gasteiger charge is 2.08. The van der Waals surface area contributed by atoms with Crippen LogP contribution in [0.25, 0.3) is 11.4 Å². The van der Waals surface area contributed by atoms with Gasteiger partial charge >= 0.3 is 0 Å². The first-order valence-corrected chi connectivity index (χ1v) is 5.49. The molecular formula is C12H9ClF2N2. The number of aryl methyl sites for hydroxylation is 1. The van der Waals surface area contributed by atoms with E-state index in [0.29, 0.717) is 17.1 Å². The van der Waals surface area contributed by atoms with Gasteiger partial charge in [0.25, 0.3) is 0 Å². The normalized spacial score (nSPS) is 10.6. The molecule has 1 aromatic heterocycles. The van der Waals surface area contributed by atoms with Crippen molar-refractivity contribution in [3.05, 3.63) is 47.3 Å². The zero-order chi connectivity index (χ0) is 12.4. The molecule has 2 nitrogen and oxygen atoms in total.